The summed E-state index contributed by atoms with van der Waals surface area (Å²) in [5, 5.41) is 14.3. The maximum atomic E-state index is 13.5. The predicted molar refractivity (Wildman–Crippen MR) is 153 cm³/mol. The molecule has 9 nitrogen and oxygen atoms in total. The van der Waals surface area contributed by atoms with Crippen LogP contribution in [0.5, 0.6) is 5.75 Å². The fraction of sp³-hybridized carbons (Fsp3) is 0.500. The number of para-hydroxylation sites is 1. The summed E-state index contributed by atoms with van der Waals surface area (Å²) in [5.41, 5.74) is 0.446. The molecule has 2 aromatic rings. The number of ether oxygens (including phenoxy) is 1. The lowest BCUT2D eigenvalue weighted by Crippen LogP contribution is -2.59. The van der Waals surface area contributed by atoms with E-state index in [0.29, 0.717) is 30.7 Å². The minimum atomic E-state index is -4.53. The highest BCUT2D eigenvalue weighted by molar-refractivity contribution is 5.93. The average Bonchev–Trinajstić information content (AvgIpc) is 2.94. The molecule has 2 aromatic carbocycles. The smallest absolute Gasteiger partial charge is 0.416 e. The third-order valence-electron chi connectivity index (χ3n) is 6.94. The van der Waals surface area contributed by atoms with Crippen LogP contribution in [0.3, 0.4) is 0 Å². The van der Waals surface area contributed by atoms with Gasteiger partial charge < -0.3 is 31.3 Å². The van der Waals surface area contributed by atoms with Crippen LogP contribution in [0.15, 0.2) is 48.5 Å². The summed E-state index contributed by atoms with van der Waals surface area (Å²) >= 11 is 0. The van der Waals surface area contributed by atoms with Crippen molar-refractivity contribution in [1.82, 2.24) is 26.6 Å². The van der Waals surface area contributed by atoms with Crippen molar-refractivity contribution in [2.24, 2.45) is 5.92 Å². The van der Waals surface area contributed by atoms with Crippen LogP contribution in [0.25, 0.3) is 0 Å². The van der Waals surface area contributed by atoms with Gasteiger partial charge in [-0.05, 0) is 55.5 Å². The van der Waals surface area contributed by atoms with E-state index in [-0.39, 0.29) is 37.9 Å². The highest BCUT2D eigenvalue weighted by atomic mass is 19.4. The summed E-state index contributed by atoms with van der Waals surface area (Å²) in [6.07, 6.45) is -3.29. The van der Waals surface area contributed by atoms with Gasteiger partial charge in [-0.1, -0.05) is 50.2 Å². The van der Waals surface area contributed by atoms with Gasteiger partial charge in [0.1, 0.15) is 24.4 Å². The van der Waals surface area contributed by atoms with E-state index in [1.807, 2.05) is 24.3 Å². The topological polar surface area (TPSA) is 121 Å². The van der Waals surface area contributed by atoms with Crippen molar-refractivity contribution in [2.45, 2.75) is 57.4 Å². The van der Waals surface area contributed by atoms with E-state index in [0.717, 1.165) is 17.7 Å². The normalized spacial score (nSPS) is 21.7. The lowest BCUT2D eigenvalue weighted by molar-refractivity contribution is -0.137. The molecule has 42 heavy (non-hydrogen) atoms. The number of aryl methyl sites for hydroxylation is 1. The van der Waals surface area contributed by atoms with E-state index in [1.54, 1.807) is 20.9 Å². The van der Waals surface area contributed by atoms with Gasteiger partial charge in [-0.25, -0.2) is 0 Å². The summed E-state index contributed by atoms with van der Waals surface area (Å²) < 4.78 is 46.0. The first-order valence-corrected chi connectivity index (χ1v) is 14.1. The van der Waals surface area contributed by atoms with Crippen LogP contribution in [0, 0.1) is 5.92 Å². The first-order valence-electron chi connectivity index (χ1n) is 14.1. The number of halogens is 3. The van der Waals surface area contributed by atoms with Crippen LogP contribution >= 0.6 is 0 Å². The number of carbonyl (C=O) groups is 3. The maximum Gasteiger partial charge on any atom is 0.416 e. The number of nitrogens with one attached hydrogen (secondary N) is 5. The maximum absolute atomic E-state index is 13.5. The quantitative estimate of drug-likeness (QED) is 0.364. The van der Waals surface area contributed by atoms with Crippen molar-refractivity contribution < 1.29 is 32.3 Å². The third-order valence-corrected chi connectivity index (χ3v) is 6.94. The fourth-order valence-electron chi connectivity index (χ4n) is 4.69. The van der Waals surface area contributed by atoms with E-state index in [1.165, 1.54) is 12.1 Å². The van der Waals surface area contributed by atoms with Crippen molar-refractivity contribution >= 4 is 17.7 Å². The minimum absolute atomic E-state index is 0.0520. The van der Waals surface area contributed by atoms with Gasteiger partial charge in [0.25, 0.3) is 0 Å². The van der Waals surface area contributed by atoms with Gasteiger partial charge in [-0.2, -0.15) is 13.2 Å². The van der Waals surface area contributed by atoms with E-state index in [2.05, 4.69) is 26.6 Å². The van der Waals surface area contributed by atoms with Gasteiger partial charge in [-0.15, -0.1) is 0 Å². The van der Waals surface area contributed by atoms with Crippen molar-refractivity contribution in [3.63, 3.8) is 0 Å². The summed E-state index contributed by atoms with van der Waals surface area (Å²) in [7, 11) is 1.66. The number of hydrogen-bond donors (Lipinski definition) is 5. The number of alkyl halides is 3. The number of benzene rings is 2. The Kier molecular flexibility index (Phi) is 12.2. The molecular formula is C30H40F3N5O4. The van der Waals surface area contributed by atoms with E-state index in [4.69, 9.17) is 4.74 Å². The van der Waals surface area contributed by atoms with Gasteiger partial charge in [-0.3, -0.25) is 14.4 Å². The Morgan fingerprint density at radius 2 is 1.71 bits per heavy atom. The van der Waals surface area contributed by atoms with Crippen molar-refractivity contribution in [2.75, 3.05) is 33.3 Å². The van der Waals surface area contributed by atoms with Crippen LogP contribution in [-0.4, -0.2) is 69.1 Å². The second-order valence-electron chi connectivity index (χ2n) is 10.6. The number of likely N-dealkylation sites (N-methyl/N-ethyl adjacent to an activating group) is 1. The minimum Gasteiger partial charge on any atom is -0.492 e. The number of amides is 3. The Labute approximate surface area is 244 Å². The fourth-order valence-corrected chi connectivity index (χ4v) is 4.69. The zero-order chi connectivity index (χ0) is 30.7. The van der Waals surface area contributed by atoms with Crippen LogP contribution < -0.4 is 31.3 Å². The second-order valence-corrected chi connectivity index (χ2v) is 10.6. The lowest BCUT2D eigenvalue weighted by Gasteiger charge is -2.27. The molecule has 1 aliphatic rings. The first-order chi connectivity index (χ1) is 20.0. The molecule has 0 spiro atoms. The van der Waals surface area contributed by atoms with Gasteiger partial charge in [0, 0.05) is 19.6 Å². The van der Waals surface area contributed by atoms with E-state index in [9.17, 15) is 27.6 Å². The summed E-state index contributed by atoms with van der Waals surface area (Å²) in [6.45, 7) is 4.50. The monoisotopic (exact) mass is 591 g/mol. The van der Waals surface area contributed by atoms with E-state index >= 15 is 0 Å². The zero-order valence-electron chi connectivity index (χ0n) is 24.1. The van der Waals surface area contributed by atoms with Crippen LogP contribution in [0.4, 0.5) is 13.2 Å². The highest BCUT2D eigenvalue weighted by Crippen LogP contribution is 2.29. The SMILES string of the molecule is CNC[C@@H]1NC(=O)[C@@H](C(C)C)NC(=O)[C@@H](Cc2cccc(C(F)(F)F)c2)NCCOc2ccccc2CCCNC1=O. The molecule has 0 fully saturated rings. The highest BCUT2D eigenvalue weighted by Gasteiger charge is 2.32. The molecule has 0 aliphatic carbocycles. The van der Waals surface area contributed by atoms with Crippen molar-refractivity contribution in [1.29, 1.82) is 0 Å². The van der Waals surface area contributed by atoms with E-state index < -0.39 is 41.7 Å². The summed E-state index contributed by atoms with van der Waals surface area (Å²) in [6, 6.07) is 9.50. The Morgan fingerprint density at radius 3 is 2.43 bits per heavy atom. The van der Waals surface area contributed by atoms with Gasteiger partial charge in [0.15, 0.2) is 0 Å². The zero-order valence-corrected chi connectivity index (χ0v) is 24.1. The number of rotatable bonds is 5. The molecule has 0 saturated carbocycles. The molecule has 1 heterocycles. The van der Waals surface area contributed by atoms with Gasteiger partial charge in [0.2, 0.25) is 17.7 Å². The molecule has 1 aliphatic heterocycles. The molecule has 0 radical (unpaired) electrons. The summed E-state index contributed by atoms with van der Waals surface area (Å²) in [5.74, 6) is -1.12. The second kappa shape index (κ2) is 15.5. The molecular weight excluding hydrogens is 551 g/mol. The first kappa shape index (κ1) is 32.9. The molecule has 230 valence electrons. The van der Waals surface area contributed by atoms with Crippen LogP contribution in [0.2, 0.25) is 0 Å². The van der Waals surface area contributed by atoms with Gasteiger partial charge in [0.05, 0.1) is 11.6 Å². The average molecular weight is 592 g/mol. The molecule has 3 atom stereocenters. The molecule has 3 rings (SSSR count). The molecule has 12 heteroatoms. The van der Waals surface area contributed by atoms with Crippen molar-refractivity contribution in [3.8, 4) is 5.75 Å². The Balaban J connectivity index is 1.89. The molecule has 0 aromatic heterocycles. The number of hydrogen-bond acceptors (Lipinski definition) is 6. The summed E-state index contributed by atoms with van der Waals surface area (Å²) in [4.78, 5) is 39.7. The Hall–Kier alpha value is -3.64. The number of carbonyl (C=O) groups excluding carboxylic acids is 3. The lowest BCUT2D eigenvalue weighted by atomic mass is 9.99. The van der Waals surface area contributed by atoms with Crippen molar-refractivity contribution in [3.05, 3.63) is 65.2 Å². The Bertz CT molecular complexity index is 1210. The largest absolute Gasteiger partial charge is 0.492 e. The number of fused-ring (bicyclic) bond motifs is 1. The molecule has 0 unspecified atom stereocenters. The molecule has 3 amide bonds. The standard InChI is InChI=1S/C30H40F3N5O4/c1-19(2)26-29(41)37-24(18-34-3)27(39)36-13-7-10-21-9-4-5-12-25(21)42-15-14-35-23(28(40)38-26)17-20-8-6-11-22(16-20)30(31,32)33/h4-6,8-9,11-12,16,19,23-24,26,34-35H,7,10,13-15,17-18H2,1-3H3,(H,36,39)(H,37,41)(H,38,40)/t23-,24+,26-/m1/s1. The molecule has 0 bridgehead atoms. The molecule has 5 N–H and O–H groups in total. The molecule has 0 saturated heterocycles. The van der Waals surface area contributed by atoms with Crippen LogP contribution in [0.1, 0.15) is 37.0 Å². The Morgan fingerprint density at radius 1 is 0.952 bits per heavy atom. The third kappa shape index (κ3) is 9.73. The predicted octanol–water partition coefficient (Wildman–Crippen LogP) is 2.19. The van der Waals surface area contributed by atoms with Gasteiger partial charge >= 0.3 is 6.18 Å². The van der Waals surface area contributed by atoms with Crippen LogP contribution in [-0.2, 0) is 33.4 Å².